The number of benzene rings is 1. The topological polar surface area (TPSA) is 68.2 Å². The molecule has 0 amide bonds. The van der Waals surface area contributed by atoms with Crippen LogP contribution < -0.4 is 11.1 Å². The van der Waals surface area contributed by atoms with Crippen molar-refractivity contribution in [1.82, 2.24) is 14.9 Å². The average Bonchev–Trinajstić information content (AvgIpc) is 3.14. The number of para-hydroxylation sites is 2. The van der Waals surface area contributed by atoms with Crippen LogP contribution in [0.25, 0.3) is 11.0 Å². The minimum atomic E-state index is 0. The van der Waals surface area contributed by atoms with Crippen molar-refractivity contribution in [1.29, 1.82) is 0 Å². The molecular formula is C14H20IN5. The smallest absolute Gasteiger partial charge is 0.188 e. The van der Waals surface area contributed by atoms with Crippen molar-refractivity contribution in [3.8, 4) is 0 Å². The maximum absolute atomic E-state index is 5.78. The molecule has 0 atom stereocenters. The molecule has 0 aliphatic heterocycles. The summed E-state index contributed by atoms with van der Waals surface area (Å²) in [5.74, 6) is 0.581. The van der Waals surface area contributed by atoms with E-state index in [4.69, 9.17) is 5.73 Å². The fraction of sp³-hybridized carbons (Fsp3) is 0.429. The average molecular weight is 385 g/mol. The Morgan fingerprint density at radius 1 is 1.40 bits per heavy atom. The molecule has 0 spiro atoms. The maximum Gasteiger partial charge on any atom is 0.188 e. The molecule has 20 heavy (non-hydrogen) atoms. The number of hydrogen-bond acceptors (Lipinski definition) is 2. The molecule has 0 bridgehead atoms. The normalized spacial score (nSPS) is 15.1. The molecular weight excluding hydrogens is 365 g/mol. The number of nitrogens with one attached hydrogen (secondary N) is 1. The van der Waals surface area contributed by atoms with Crippen LogP contribution in [0.4, 0.5) is 0 Å². The molecule has 1 aromatic heterocycles. The quantitative estimate of drug-likeness (QED) is 0.359. The number of nitrogens with two attached hydrogens (primary N) is 1. The number of aromatic nitrogens is 2. The van der Waals surface area contributed by atoms with Gasteiger partial charge in [-0.05, 0) is 31.4 Å². The van der Waals surface area contributed by atoms with Gasteiger partial charge in [-0.3, -0.25) is 4.99 Å². The molecule has 6 heteroatoms. The molecule has 1 heterocycles. The summed E-state index contributed by atoms with van der Waals surface area (Å²) in [5, 5.41) is 3.19. The van der Waals surface area contributed by atoms with Gasteiger partial charge < -0.3 is 15.6 Å². The highest BCUT2D eigenvalue weighted by molar-refractivity contribution is 14.0. The van der Waals surface area contributed by atoms with Gasteiger partial charge in [-0.25, -0.2) is 4.98 Å². The predicted octanol–water partition coefficient (Wildman–Crippen LogP) is 2.11. The Balaban J connectivity index is 0.00000147. The van der Waals surface area contributed by atoms with E-state index in [0.717, 1.165) is 25.0 Å². The molecule has 1 aromatic carbocycles. The number of imidazole rings is 1. The van der Waals surface area contributed by atoms with Crippen LogP contribution in [0.3, 0.4) is 0 Å². The monoisotopic (exact) mass is 385 g/mol. The van der Waals surface area contributed by atoms with E-state index in [2.05, 4.69) is 25.9 Å². The van der Waals surface area contributed by atoms with Gasteiger partial charge in [0, 0.05) is 19.1 Å². The highest BCUT2D eigenvalue weighted by Crippen LogP contribution is 2.18. The van der Waals surface area contributed by atoms with Gasteiger partial charge in [0.15, 0.2) is 5.96 Å². The van der Waals surface area contributed by atoms with Crippen LogP contribution in [0.1, 0.15) is 19.3 Å². The number of rotatable bonds is 5. The first kappa shape index (κ1) is 15.1. The Kier molecular flexibility index (Phi) is 5.22. The fourth-order valence-electron chi connectivity index (χ4n) is 2.11. The summed E-state index contributed by atoms with van der Waals surface area (Å²) in [7, 11) is 0. The second kappa shape index (κ2) is 6.92. The third kappa shape index (κ3) is 3.84. The molecule has 0 saturated heterocycles. The van der Waals surface area contributed by atoms with Crippen molar-refractivity contribution < 1.29 is 0 Å². The summed E-state index contributed by atoms with van der Waals surface area (Å²) in [4.78, 5) is 8.70. The summed E-state index contributed by atoms with van der Waals surface area (Å²) in [6, 6.07) is 8.74. The zero-order chi connectivity index (χ0) is 13.1. The summed E-state index contributed by atoms with van der Waals surface area (Å²) < 4.78 is 2.16. The van der Waals surface area contributed by atoms with Crippen LogP contribution in [0, 0.1) is 0 Å². The number of guanidine groups is 1. The minimum absolute atomic E-state index is 0. The number of hydrogen-bond donors (Lipinski definition) is 2. The molecule has 1 fully saturated rings. The lowest BCUT2D eigenvalue weighted by atomic mass is 10.3. The van der Waals surface area contributed by atoms with Crippen molar-refractivity contribution in [2.45, 2.75) is 31.8 Å². The van der Waals surface area contributed by atoms with E-state index in [1.54, 1.807) is 0 Å². The molecule has 3 rings (SSSR count). The van der Waals surface area contributed by atoms with E-state index >= 15 is 0 Å². The standard InChI is InChI=1S/C14H19N5.HI/c15-14(18-11-6-7-11)16-8-3-9-19-10-17-12-4-1-2-5-13(12)19;/h1-2,4-5,10-11H,3,6-9H2,(H3,15,16,18);1H. The van der Waals surface area contributed by atoms with Crippen molar-refractivity contribution in [3.63, 3.8) is 0 Å². The Bertz CT molecular complexity index is 588. The van der Waals surface area contributed by atoms with E-state index < -0.39 is 0 Å². The summed E-state index contributed by atoms with van der Waals surface area (Å²) in [6.45, 7) is 1.67. The third-order valence-electron chi connectivity index (χ3n) is 3.30. The van der Waals surface area contributed by atoms with E-state index in [-0.39, 0.29) is 24.0 Å². The summed E-state index contributed by atoms with van der Waals surface area (Å²) >= 11 is 0. The van der Waals surface area contributed by atoms with Crippen LogP contribution in [0.5, 0.6) is 0 Å². The first-order valence-corrected chi connectivity index (χ1v) is 6.79. The third-order valence-corrected chi connectivity index (χ3v) is 3.30. The molecule has 1 saturated carbocycles. The van der Waals surface area contributed by atoms with Gasteiger partial charge in [0.25, 0.3) is 0 Å². The largest absolute Gasteiger partial charge is 0.370 e. The van der Waals surface area contributed by atoms with Crippen molar-refractivity contribution in [2.75, 3.05) is 6.54 Å². The van der Waals surface area contributed by atoms with Gasteiger partial charge in [0.1, 0.15) is 0 Å². The molecule has 0 radical (unpaired) electrons. The van der Waals surface area contributed by atoms with Crippen LogP contribution in [0.2, 0.25) is 0 Å². The zero-order valence-electron chi connectivity index (χ0n) is 11.3. The maximum atomic E-state index is 5.78. The van der Waals surface area contributed by atoms with E-state index in [9.17, 15) is 0 Å². The Morgan fingerprint density at radius 3 is 3.00 bits per heavy atom. The lowest BCUT2D eigenvalue weighted by molar-refractivity contribution is 0.664. The molecule has 1 aliphatic rings. The van der Waals surface area contributed by atoms with E-state index in [0.29, 0.717) is 12.0 Å². The highest BCUT2D eigenvalue weighted by atomic mass is 127. The van der Waals surface area contributed by atoms with E-state index in [1.165, 1.54) is 18.4 Å². The lowest BCUT2D eigenvalue weighted by Gasteiger charge is -2.04. The van der Waals surface area contributed by atoms with Crippen molar-refractivity contribution >= 4 is 41.0 Å². The Hall–Kier alpha value is -1.31. The second-order valence-electron chi connectivity index (χ2n) is 4.97. The molecule has 108 valence electrons. The number of nitrogens with zero attached hydrogens (tertiary/aromatic N) is 3. The SMILES string of the molecule is I.NC(=NCCCn1cnc2ccccc21)NC1CC1. The fourth-order valence-corrected chi connectivity index (χ4v) is 2.11. The number of halogens is 1. The van der Waals surface area contributed by atoms with Gasteiger partial charge in [-0.2, -0.15) is 0 Å². The van der Waals surface area contributed by atoms with Crippen LogP contribution >= 0.6 is 24.0 Å². The first-order valence-electron chi connectivity index (χ1n) is 6.79. The van der Waals surface area contributed by atoms with Gasteiger partial charge in [0.05, 0.1) is 17.4 Å². The van der Waals surface area contributed by atoms with E-state index in [1.807, 2.05) is 24.5 Å². The zero-order valence-corrected chi connectivity index (χ0v) is 13.7. The Labute approximate surface area is 135 Å². The van der Waals surface area contributed by atoms with Crippen molar-refractivity contribution in [2.24, 2.45) is 10.7 Å². The highest BCUT2D eigenvalue weighted by Gasteiger charge is 2.21. The number of aliphatic imine (C=N–C) groups is 1. The van der Waals surface area contributed by atoms with Gasteiger partial charge in [0.2, 0.25) is 0 Å². The first-order chi connectivity index (χ1) is 9.33. The summed E-state index contributed by atoms with van der Waals surface area (Å²) in [5.41, 5.74) is 8.00. The van der Waals surface area contributed by atoms with Crippen molar-refractivity contribution in [3.05, 3.63) is 30.6 Å². The van der Waals surface area contributed by atoms with Crippen LogP contribution in [0.15, 0.2) is 35.6 Å². The second-order valence-corrected chi connectivity index (χ2v) is 4.97. The molecule has 5 nitrogen and oxygen atoms in total. The lowest BCUT2D eigenvalue weighted by Crippen LogP contribution is -2.33. The van der Waals surface area contributed by atoms with Crippen LogP contribution in [-0.2, 0) is 6.54 Å². The van der Waals surface area contributed by atoms with Gasteiger partial charge in [-0.15, -0.1) is 24.0 Å². The minimum Gasteiger partial charge on any atom is -0.370 e. The molecule has 0 unspecified atom stereocenters. The number of fused-ring (bicyclic) bond motifs is 1. The van der Waals surface area contributed by atoms with Crippen LogP contribution in [-0.4, -0.2) is 28.1 Å². The molecule has 3 N–H and O–H groups in total. The molecule has 1 aliphatic carbocycles. The number of aryl methyl sites for hydroxylation is 1. The molecule has 2 aromatic rings. The van der Waals surface area contributed by atoms with Gasteiger partial charge in [-0.1, -0.05) is 12.1 Å². The summed E-state index contributed by atoms with van der Waals surface area (Å²) in [6.07, 6.45) is 5.29. The Morgan fingerprint density at radius 2 is 2.20 bits per heavy atom. The predicted molar refractivity (Wildman–Crippen MR) is 92.4 cm³/mol. The van der Waals surface area contributed by atoms with Gasteiger partial charge >= 0.3 is 0 Å².